The Morgan fingerprint density at radius 3 is 2.47 bits per heavy atom. The number of aryl methyl sites for hydroxylation is 1. The number of rotatable bonds is 8. The molecule has 0 amide bonds. The fourth-order valence-electron chi connectivity index (χ4n) is 4.64. The third kappa shape index (κ3) is 8.53. The fraction of sp³-hybridized carbons (Fsp3) is 0.367. The molecule has 0 bridgehead atoms. The summed E-state index contributed by atoms with van der Waals surface area (Å²) in [5.74, 6) is 0.677. The van der Waals surface area contributed by atoms with Crippen LogP contribution in [0.25, 0.3) is 10.9 Å². The summed E-state index contributed by atoms with van der Waals surface area (Å²) in [6.07, 6.45) is 2.70. The van der Waals surface area contributed by atoms with Gasteiger partial charge in [-0.2, -0.15) is 4.98 Å². The van der Waals surface area contributed by atoms with E-state index in [4.69, 9.17) is 19.9 Å². The zero-order valence-electron chi connectivity index (χ0n) is 26.1. The van der Waals surface area contributed by atoms with E-state index >= 15 is 0 Å². The largest absolute Gasteiger partial charge is 0.492 e. The van der Waals surface area contributed by atoms with Crippen LogP contribution < -0.4 is 25.4 Å². The highest BCUT2D eigenvalue weighted by atomic mass is 32.2. The first-order valence-electron chi connectivity index (χ1n) is 14.0. The summed E-state index contributed by atoms with van der Waals surface area (Å²) >= 11 is 0. The number of hydrogen-bond acceptors (Lipinski definition) is 11. The van der Waals surface area contributed by atoms with Crippen LogP contribution in [-0.2, 0) is 27.2 Å². The number of sulfonamides is 1. The number of nitrogens with one attached hydrogen (secondary N) is 2. The Balaban J connectivity index is 0.000000224. The van der Waals surface area contributed by atoms with Gasteiger partial charge in [0.2, 0.25) is 21.9 Å². The van der Waals surface area contributed by atoms with Crippen molar-refractivity contribution in [2.45, 2.75) is 26.2 Å². The molecular formula is C30H39N7O7S. The van der Waals surface area contributed by atoms with E-state index in [9.17, 15) is 18.3 Å². The van der Waals surface area contributed by atoms with Crippen molar-refractivity contribution in [2.24, 2.45) is 7.05 Å². The third-order valence-corrected chi connectivity index (χ3v) is 7.43. The maximum atomic E-state index is 11.4. The van der Waals surface area contributed by atoms with Crippen molar-refractivity contribution < 1.29 is 32.5 Å². The molecule has 3 heterocycles. The molecule has 0 aliphatic carbocycles. The van der Waals surface area contributed by atoms with Gasteiger partial charge in [-0.3, -0.25) is 10.1 Å². The van der Waals surface area contributed by atoms with Crippen molar-refractivity contribution in [1.29, 1.82) is 0 Å². The predicted octanol–water partition coefficient (Wildman–Crippen LogP) is 4.06. The molecule has 1 aliphatic rings. The molecule has 5 N–H and O–H groups in total. The third-order valence-electron chi connectivity index (χ3n) is 6.84. The Morgan fingerprint density at radius 1 is 1.13 bits per heavy atom. The molecule has 5 rings (SSSR count). The van der Waals surface area contributed by atoms with E-state index in [0.29, 0.717) is 53.4 Å². The Labute approximate surface area is 262 Å². The van der Waals surface area contributed by atoms with Crippen molar-refractivity contribution >= 4 is 44.2 Å². The van der Waals surface area contributed by atoms with Gasteiger partial charge in [0, 0.05) is 37.8 Å². The number of morpholine rings is 1. The van der Waals surface area contributed by atoms with Gasteiger partial charge in [-0.05, 0) is 35.2 Å². The van der Waals surface area contributed by atoms with Crippen LogP contribution in [0.3, 0.4) is 0 Å². The summed E-state index contributed by atoms with van der Waals surface area (Å²) in [7, 11) is -0.222. The molecule has 0 atom stereocenters. The lowest BCUT2D eigenvalue weighted by atomic mass is 9.86. The number of methoxy groups -OCH3 is 1. The van der Waals surface area contributed by atoms with Gasteiger partial charge in [-0.25, -0.2) is 23.2 Å². The van der Waals surface area contributed by atoms with Crippen molar-refractivity contribution in [3.05, 3.63) is 59.9 Å². The van der Waals surface area contributed by atoms with Crippen molar-refractivity contribution in [1.82, 2.24) is 19.5 Å². The first-order chi connectivity index (χ1) is 21.2. The Morgan fingerprint density at radius 2 is 1.84 bits per heavy atom. The van der Waals surface area contributed by atoms with Crippen LogP contribution in [0.1, 0.15) is 36.8 Å². The average Bonchev–Trinajstić information content (AvgIpc) is 3.30. The van der Waals surface area contributed by atoms with Crippen LogP contribution >= 0.6 is 0 Å². The number of carboxylic acid groups (broad SMARTS) is 1. The molecule has 0 radical (unpaired) electrons. The van der Waals surface area contributed by atoms with Crippen LogP contribution in [0.4, 0.5) is 17.3 Å². The number of ether oxygens (including phenoxy) is 3. The van der Waals surface area contributed by atoms with Gasteiger partial charge in [0.25, 0.3) is 0 Å². The normalized spacial score (nSPS) is 13.9. The fourth-order valence-corrected chi connectivity index (χ4v) is 5.19. The quantitative estimate of drug-likeness (QED) is 0.203. The van der Waals surface area contributed by atoms with Gasteiger partial charge >= 0.3 is 5.97 Å². The van der Waals surface area contributed by atoms with Crippen molar-refractivity contribution in [3.63, 3.8) is 0 Å². The SMILES string of the molecule is COc1c(N)cc(C(C)(C)C)cc1NS(C)(=O)=O.Cn1c(C(=O)O)cc2cccc(Oc3ccnc(NN4CCOCC4)n3)c21. The van der Waals surface area contributed by atoms with Crippen LogP contribution in [0, 0.1) is 0 Å². The van der Waals surface area contributed by atoms with Gasteiger partial charge in [-0.15, -0.1) is 0 Å². The number of carboxylic acids is 1. The number of nitrogens with zero attached hydrogens (tertiary/aromatic N) is 4. The van der Waals surface area contributed by atoms with Gasteiger partial charge in [0.1, 0.15) is 5.69 Å². The monoisotopic (exact) mass is 641 g/mol. The van der Waals surface area contributed by atoms with E-state index in [1.165, 1.54) is 7.11 Å². The second kappa shape index (κ2) is 13.6. The molecule has 0 unspecified atom stereocenters. The number of hydrazine groups is 1. The van der Waals surface area contributed by atoms with Gasteiger partial charge in [0.15, 0.2) is 11.5 Å². The van der Waals surface area contributed by atoms with Gasteiger partial charge < -0.3 is 29.6 Å². The molecular weight excluding hydrogens is 602 g/mol. The van der Waals surface area contributed by atoms with Crippen LogP contribution in [0.5, 0.6) is 17.4 Å². The minimum atomic E-state index is -3.37. The first-order valence-corrected chi connectivity index (χ1v) is 15.9. The van der Waals surface area contributed by atoms with Crippen LogP contribution in [0.2, 0.25) is 0 Å². The molecule has 2 aromatic carbocycles. The lowest BCUT2D eigenvalue weighted by molar-refractivity contribution is 0.0492. The highest BCUT2D eigenvalue weighted by Gasteiger charge is 2.20. The maximum absolute atomic E-state index is 11.4. The molecule has 1 saturated heterocycles. The summed E-state index contributed by atoms with van der Waals surface area (Å²) in [5.41, 5.74) is 11.5. The van der Waals surface area contributed by atoms with E-state index < -0.39 is 16.0 Å². The smallest absolute Gasteiger partial charge is 0.352 e. The van der Waals surface area contributed by atoms with E-state index in [1.54, 1.807) is 48.1 Å². The number of hydrogen-bond donors (Lipinski definition) is 4. The Hall–Kier alpha value is -4.60. The minimum absolute atomic E-state index is 0.131. The first kappa shape index (κ1) is 33.3. The molecule has 1 fully saturated rings. The van der Waals surface area contributed by atoms with Gasteiger partial charge in [-0.1, -0.05) is 32.9 Å². The number of carbonyl (C=O) groups is 1. The highest BCUT2D eigenvalue weighted by Crippen LogP contribution is 2.37. The van der Waals surface area contributed by atoms with E-state index in [1.807, 2.05) is 37.9 Å². The van der Waals surface area contributed by atoms with Crippen molar-refractivity contribution in [3.8, 4) is 17.4 Å². The van der Waals surface area contributed by atoms with Crippen molar-refractivity contribution in [2.75, 3.05) is 55.6 Å². The molecule has 0 saturated carbocycles. The summed E-state index contributed by atoms with van der Waals surface area (Å²) in [4.78, 5) is 20.0. The molecule has 14 nitrogen and oxygen atoms in total. The average molecular weight is 642 g/mol. The molecule has 242 valence electrons. The minimum Gasteiger partial charge on any atom is -0.492 e. The molecule has 15 heteroatoms. The van der Waals surface area contributed by atoms with E-state index in [2.05, 4.69) is 20.1 Å². The summed E-state index contributed by atoms with van der Waals surface area (Å²) in [6, 6.07) is 12.3. The van der Waals surface area contributed by atoms with E-state index in [0.717, 1.165) is 30.3 Å². The summed E-state index contributed by atoms with van der Waals surface area (Å²) in [6.45, 7) is 8.88. The topological polar surface area (TPSA) is 183 Å². The zero-order valence-corrected chi connectivity index (χ0v) is 26.9. The molecule has 45 heavy (non-hydrogen) atoms. The Kier molecular flexibility index (Phi) is 10.1. The highest BCUT2D eigenvalue weighted by molar-refractivity contribution is 7.92. The second-order valence-electron chi connectivity index (χ2n) is 11.4. The molecule has 2 aromatic heterocycles. The van der Waals surface area contributed by atoms with Crippen LogP contribution in [-0.4, -0.2) is 78.7 Å². The summed E-state index contributed by atoms with van der Waals surface area (Å²) < 4.78 is 43.1. The molecule has 0 spiro atoms. The Bertz CT molecular complexity index is 1780. The lowest BCUT2D eigenvalue weighted by Crippen LogP contribution is -2.40. The number of nitrogens with two attached hydrogens (primary N) is 1. The lowest BCUT2D eigenvalue weighted by Gasteiger charge is -2.26. The van der Waals surface area contributed by atoms with Crippen LogP contribution in [0.15, 0.2) is 48.7 Å². The number of para-hydroxylation sites is 1. The van der Waals surface area contributed by atoms with Gasteiger partial charge in [0.05, 0.1) is 43.5 Å². The molecule has 1 aliphatic heterocycles. The predicted molar refractivity (Wildman–Crippen MR) is 173 cm³/mol. The second-order valence-corrected chi connectivity index (χ2v) is 13.1. The number of aromatic carboxylic acids is 1. The summed E-state index contributed by atoms with van der Waals surface area (Å²) in [5, 5.41) is 12.1. The standard InChI is InChI=1S/C18H19N5O4.C12H20N2O3S/c1-22-13(17(24)25)11-12-3-2-4-14(16(12)22)27-15-5-6-19-18(20-15)21-23-7-9-26-10-8-23;1-12(2,3)8-6-9(13)11(17-4)10(7-8)14-18(5,15)16/h2-6,11H,7-10H2,1H3,(H,24,25)(H,19,20,21);6-7,14H,13H2,1-5H3. The molecule has 4 aromatic rings. The zero-order chi connectivity index (χ0) is 32.9. The number of anilines is 3. The number of benzene rings is 2. The number of aromatic nitrogens is 3. The van der Waals surface area contributed by atoms with E-state index in [-0.39, 0.29) is 11.1 Å². The maximum Gasteiger partial charge on any atom is 0.352 e. The number of nitrogen functional groups attached to an aromatic ring is 1. The number of fused-ring (bicyclic) bond motifs is 1.